The van der Waals surface area contributed by atoms with E-state index < -0.39 is 34.9 Å². The number of hydrogen-bond acceptors (Lipinski definition) is 10. The van der Waals surface area contributed by atoms with E-state index in [4.69, 9.17) is 4.74 Å². The van der Waals surface area contributed by atoms with Crippen LogP contribution in [0.1, 0.15) is 44.1 Å². The van der Waals surface area contributed by atoms with Gasteiger partial charge in [0.05, 0.1) is 12.7 Å². The molecule has 152 valence electrons. The molecular formula is C15H22N2O10. The topological polar surface area (TPSA) is 171 Å². The summed E-state index contributed by atoms with van der Waals surface area (Å²) in [4.78, 5) is 49.0. The van der Waals surface area contributed by atoms with Crippen LogP contribution in [0.4, 0.5) is 0 Å². The van der Waals surface area contributed by atoms with Gasteiger partial charge in [0.25, 0.3) is 5.09 Å². The average Bonchev–Trinajstić information content (AvgIpc) is 2.90. The van der Waals surface area contributed by atoms with Crippen molar-refractivity contribution in [2.45, 2.75) is 58.3 Å². The van der Waals surface area contributed by atoms with Crippen molar-refractivity contribution >= 4 is 11.9 Å². The first kappa shape index (κ1) is 22.2. The molecule has 2 atom stereocenters. The summed E-state index contributed by atoms with van der Waals surface area (Å²) in [6.45, 7) is 2.33. The van der Waals surface area contributed by atoms with Gasteiger partial charge in [-0.15, -0.1) is 10.1 Å². The van der Waals surface area contributed by atoms with Crippen molar-refractivity contribution in [2.75, 3.05) is 6.61 Å². The normalized spacial score (nSPS) is 12.9. The molecule has 0 aromatic carbocycles. The number of ether oxygens (including phenoxy) is 1. The molecule has 27 heavy (non-hydrogen) atoms. The third kappa shape index (κ3) is 8.35. The molecule has 0 aliphatic rings. The highest BCUT2D eigenvalue weighted by atomic mass is 16.9. The predicted molar refractivity (Wildman–Crippen MR) is 86.8 cm³/mol. The Morgan fingerprint density at radius 3 is 2.56 bits per heavy atom. The Kier molecular flexibility index (Phi) is 8.99. The first-order valence-corrected chi connectivity index (χ1v) is 8.21. The predicted octanol–water partition coefficient (Wildman–Crippen LogP) is 0.219. The summed E-state index contributed by atoms with van der Waals surface area (Å²) in [5.41, 5.74) is 0. The van der Waals surface area contributed by atoms with E-state index in [0.29, 0.717) is 19.3 Å². The maximum Gasteiger partial charge on any atom is 0.519 e. The van der Waals surface area contributed by atoms with Crippen molar-refractivity contribution in [1.29, 1.82) is 0 Å². The molecule has 1 aromatic heterocycles. The Bertz CT molecular complexity index is 693. The van der Waals surface area contributed by atoms with Gasteiger partial charge in [-0.3, -0.25) is 4.79 Å². The standard InChI is InChI=1S/C15H22N2O10/c1-9(18)13(14(20)24-8-11-10(2)26-15(21)27-11)16-12(19)6-4-3-5-7-25-17(22)23/h9,13,18H,3-8H2,1-2H3,(H,16,19). The zero-order valence-corrected chi connectivity index (χ0v) is 15.0. The van der Waals surface area contributed by atoms with Crippen LogP contribution in [0.2, 0.25) is 0 Å². The van der Waals surface area contributed by atoms with Crippen molar-refractivity contribution in [1.82, 2.24) is 5.32 Å². The lowest BCUT2D eigenvalue weighted by Crippen LogP contribution is -2.48. The second-order valence-electron chi connectivity index (χ2n) is 5.69. The number of rotatable bonds is 12. The quantitative estimate of drug-likeness (QED) is 0.218. The average molecular weight is 390 g/mol. The fraction of sp³-hybridized carbons (Fsp3) is 0.667. The minimum atomic E-state index is -1.30. The molecule has 2 N–H and O–H groups in total. The van der Waals surface area contributed by atoms with E-state index in [1.54, 1.807) is 0 Å². The number of aliphatic hydroxyl groups is 1. The molecule has 12 heteroatoms. The van der Waals surface area contributed by atoms with E-state index in [-0.39, 0.29) is 31.2 Å². The van der Waals surface area contributed by atoms with Gasteiger partial charge in [-0.05, 0) is 26.7 Å². The van der Waals surface area contributed by atoms with Gasteiger partial charge in [0, 0.05) is 6.42 Å². The van der Waals surface area contributed by atoms with Crippen LogP contribution in [-0.2, 0) is 25.8 Å². The van der Waals surface area contributed by atoms with Gasteiger partial charge < -0.3 is 28.8 Å². The molecule has 0 saturated carbocycles. The van der Waals surface area contributed by atoms with E-state index in [2.05, 4.69) is 19.0 Å². The van der Waals surface area contributed by atoms with Crippen LogP contribution in [-0.4, -0.2) is 40.8 Å². The van der Waals surface area contributed by atoms with Crippen molar-refractivity contribution in [3.8, 4) is 0 Å². The molecule has 0 aliphatic carbocycles. The lowest BCUT2D eigenvalue weighted by molar-refractivity contribution is -0.757. The molecule has 2 unspecified atom stereocenters. The van der Waals surface area contributed by atoms with E-state index in [9.17, 15) is 29.6 Å². The molecule has 1 aromatic rings. The maximum absolute atomic E-state index is 12.1. The SMILES string of the molecule is Cc1oc(=O)oc1COC(=O)C(NC(=O)CCCCCO[N+](=O)[O-])C(C)O. The van der Waals surface area contributed by atoms with Crippen molar-refractivity contribution < 1.29 is 38.2 Å². The molecule has 12 nitrogen and oxygen atoms in total. The summed E-state index contributed by atoms with van der Waals surface area (Å²) < 4.78 is 14.3. The Morgan fingerprint density at radius 2 is 2.00 bits per heavy atom. The molecule has 0 spiro atoms. The van der Waals surface area contributed by atoms with Crippen LogP contribution in [0.3, 0.4) is 0 Å². The fourth-order valence-electron chi connectivity index (χ4n) is 2.06. The summed E-state index contributed by atoms with van der Waals surface area (Å²) in [6, 6.07) is -1.30. The van der Waals surface area contributed by atoms with Gasteiger partial charge in [0.2, 0.25) is 5.91 Å². The highest BCUT2D eigenvalue weighted by molar-refractivity contribution is 5.84. The van der Waals surface area contributed by atoms with Crippen LogP contribution in [0.5, 0.6) is 0 Å². The number of amides is 1. The molecule has 0 bridgehead atoms. The second kappa shape index (κ2) is 11.0. The molecule has 0 radical (unpaired) electrons. The molecule has 0 saturated heterocycles. The van der Waals surface area contributed by atoms with E-state index in [1.807, 2.05) is 0 Å². The Labute approximate surface area is 153 Å². The number of nitrogens with zero attached hydrogens (tertiary/aromatic N) is 1. The zero-order valence-electron chi connectivity index (χ0n) is 15.0. The van der Waals surface area contributed by atoms with Crippen LogP contribution in [0.25, 0.3) is 0 Å². The van der Waals surface area contributed by atoms with Gasteiger partial charge in [0.15, 0.2) is 24.2 Å². The lowest BCUT2D eigenvalue weighted by atomic mass is 10.1. The number of carbonyl (C=O) groups excluding carboxylic acids is 2. The van der Waals surface area contributed by atoms with Crippen molar-refractivity contribution in [3.05, 3.63) is 32.3 Å². The third-order valence-electron chi connectivity index (χ3n) is 3.48. The van der Waals surface area contributed by atoms with Crippen LogP contribution in [0.15, 0.2) is 13.6 Å². The van der Waals surface area contributed by atoms with Crippen molar-refractivity contribution in [2.24, 2.45) is 0 Å². The van der Waals surface area contributed by atoms with Gasteiger partial charge in [0.1, 0.15) is 0 Å². The molecule has 1 rings (SSSR count). The number of unbranched alkanes of at least 4 members (excludes halogenated alkanes) is 2. The van der Waals surface area contributed by atoms with E-state index in [1.165, 1.54) is 13.8 Å². The van der Waals surface area contributed by atoms with E-state index in [0.717, 1.165) is 0 Å². The Morgan fingerprint density at radius 1 is 1.30 bits per heavy atom. The zero-order chi connectivity index (χ0) is 20.4. The van der Waals surface area contributed by atoms with E-state index >= 15 is 0 Å². The summed E-state index contributed by atoms with van der Waals surface area (Å²) in [7, 11) is 0. The maximum atomic E-state index is 12.1. The summed E-state index contributed by atoms with van der Waals surface area (Å²) in [5.74, 6) is -2.13. The molecular weight excluding hydrogens is 368 g/mol. The molecule has 1 amide bonds. The Hall–Kier alpha value is -2.89. The van der Waals surface area contributed by atoms with Crippen LogP contribution >= 0.6 is 0 Å². The van der Waals surface area contributed by atoms with Crippen molar-refractivity contribution in [3.63, 3.8) is 0 Å². The first-order chi connectivity index (χ1) is 12.7. The minimum absolute atomic E-state index is 0.0287. The number of esters is 1. The largest absolute Gasteiger partial charge is 0.519 e. The van der Waals surface area contributed by atoms with Gasteiger partial charge in [-0.2, -0.15) is 0 Å². The number of carbonyl (C=O) groups is 2. The number of aryl methyl sites for hydroxylation is 1. The second-order valence-corrected chi connectivity index (χ2v) is 5.69. The summed E-state index contributed by atoms with van der Waals surface area (Å²) >= 11 is 0. The Balaban J connectivity index is 2.39. The fourth-order valence-corrected chi connectivity index (χ4v) is 2.06. The molecule has 1 heterocycles. The van der Waals surface area contributed by atoms with Crippen LogP contribution < -0.4 is 11.1 Å². The highest BCUT2D eigenvalue weighted by Gasteiger charge is 2.27. The summed E-state index contributed by atoms with van der Waals surface area (Å²) in [6.07, 6.45) is 0.195. The molecule has 0 aliphatic heterocycles. The van der Waals surface area contributed by atoms with Gasteiger partial charge in [-0.1, -0.05) is 6.42 Å². The number of aliphatic hydroxyl groups excluding tert-OH is 1. The lowest BCUT2D eigenvalue weighted by Gasteiger charge is -2.19. The summed E-state index contributed by atoms with van der Waals surface area (Å²) in [5, 5.41) is 21.1. The number of nitrogens with one attached hydrogen (secondary N) is 1. The van der Waals surface area contributed by atoms with Gasteiger partial charge in [-0.25, -0.2) is 9.59 Å². The first-order valence-electron chi connectivity index (χ1n) is 8.21. The monoisotopic (exact) mass is 390 g/mol. The number of hydrogen-bond donors (Lipinski definition) is 2. The minimum Gasteiger partial charge on any atom is -0.456 e. The third-order valence-corrected chi connectivity index (χ3v) is 3.48. The van der Waals surface area contributed by atoms with Gasteiger partial charge >= 0.3 is 11.8 Å². The smallest absolute Gasteiger partial charge is 0.456 e. The van der Waals surface area contributed by atoms with Crippen LogP contribution in [0, 0.1) is 17.0 Å². The molecule has 0 fully saturated rings. The highest BCUT2D eigenvalue weighted by Crippen LogP contribution is 2.08.